The number of unbranched alkanes of at least 4 members (excludes halogenated alkanes) is 6. The summed E-state index contributed by atoms with van der Waals surface area (Å²) in [5.41, 5.74) is -0.0501. The van der Waals surface area contributed by atoms with Gasteiger partial charge in [0.05, 0.1) is 18.2 Å². The second-order valence-electron chi connectivity index (χ2n) is 7.64. The lowest BCUT2D eigenvalue weighted by Crippen LogP contribution is -2.30. The molecular weight excluding hydrogens is 438 g/mol. The highest BCUT2D eigenvalue weighted by atomic mass is 19.2. The van der Waals surface area contributed by atoms with Gasteiger partial charge in [-0.25, -0.2) is 8.78 Å². The Hall–Kier alpha value is -3.34. The number of methoxy groups -OCH3 is 1. The Kier molecular flexibility index (Phi) is 8.10. The molecule has 0 aliphatic carbocycles. The molecule has 2 amide bonds. The molecule has 2 aromatic carbocycles. The SMILES string of the molecule is COc1c(F)c(F)c(C#CCCCCCCCCN2C(=O)c3ccccc3C2=O)c(F)c1F. The summed E-state index contributed by atoms with van der Waals surface area (Å²) in [7, 11) is 0.913. The van der Waals surface area contributed by atoms with Gasteiger partial charge in [-0.05, 0) is 25.0 Å². The molecule has 0 radical (unpaired) electrons. The van der Waals surface area contributed by atoms with Gasteiger partial charge in [-0.3, -0.25) is 14.5 Å². The molecule has 3 rings (SSSR count). The van der Waals surface area contributed by atoms with Crippen LogP contribution in [0, 0.1) is 35.1 Å². The number of rotatable bonds is 9. The molecule has 0 aromatic heterocycles. The molecular formula is C25H23F4NO3. The van der Waals surface area contributed by atoms with E-state index in [9.17, 15) is 27.2 Å². The van der Waals surface area contributed by atoms with Gasteiger partial charge < -0.3 is 4.74 Å². The minimum absolute atomic E-state index is 0.251. The number of halogens is 4. The smallest absolute Gasteiger partial charge is 0.261 e. The summed E-state index contributed by atoms with van der Waals surface area (Å²) in [4.78, 5) is 25.9. The number of carbonyl (C=O) groups excluding carboxylic acids is 2. The predicted octanol–water partition coefficient (Wildman–Crippen LogP) is 5.63. The van der Waals surface area contributed by atoms with E-state index in [1.807, 2.05) is 0 Å². The van der Waals surface area contributed by atoms with Crippen molar-refractivity contribution in [3.8, 4) is 17.6 Å². The van der Waals surface area contributed by atoms with E-state index < -0.39 is 34.6 Å². The average molecular weight is 461 g/mol. The van der Waals surface area contributed by atoms with Crippen LogP contribution in [0.1, 0.15) is 71.2 Å². The van der Waals surface area contributed by atoms with Gasteiger partial charge in [0.2, 0.25) is 11.6 Å². The number of nitrogens with zero attached hydrogens (tertiary/aromatic N) is 1. The van der Waals surface area contributed by atoms with Gasteiger partial charge in [-0.1, -0.05) is 49.7 Å². The van der Waals surface area contributed by atoms with Crippen molar-refractivity contribution in [3.05, 3.63) is 64.2 Å². The van der Waals surface area contributed by atoms with Gasteiger partial charge in [-0.2, -0.15) is 8.78 Å². The quantitative estimate of drug-likeness (QED) is 0.160. The van der Waals surface area contributed by atoms with Crippen LogP contribution in [0.5, 0.6) is 5.75 Å². The molecule has 1 aliphatic heterocycles. The third-order valence-electron chi connectivity index (χ3n) is 5.45. The van der Waals surface area contributed by atoms with Crippen molar-refractivity contribution in [1.29, 1.82) is 0 Å². The molecule has 8 heteroatoms. The van der Waals surface area contributed by atoms with Crippen molar-refractivity contribution in [2.45, 2.75) is 44.9 Å². The number of fused-ring (bicyclic) bond motifs is 1. The van der Waals surface area contributed by atoms with Gasteiger partial charge in [0.15, 0.2) is 17.4 Å². The van der Waals surface area contributed by atoms with Crippen molar-refractivity contribution in [2.75, 3.05) is 13.7 Å². The van der Waals surface area contributed by atoms with Gasteiger partial charge in [-0.15, -0.1) is 0 Å². The molecule has 4 nitrogen and oxygen atoms in total. The standard InChI is InChI=1S/C25H23F4NO3/c1-33-23-21(28)19(26)18(20(27)22(23)29)14-8-6-4-2-3-5-7-11-15-30-24(31)16-12-9-10-13-17(16)25(30)32/h9-10,12-13H,2-7,11,15H2,1H3. The summed E-state index contributed by atoms with van der Waals surface area (Å²) in [5.74, 6) is -3.26. The lowest BCUT2D eigenvalue weighted by molar-refractivity contribution is 0.0651. The van der Waals surface area contributed by atoms with Crippen LogP contribution < -0.4 is 4.74 Å². The Bertz CT molecular complexity index is 1060. The molecule has 0 saturated carbocycles. The van der Waals surface area contributed by atoms with E-state index in [2.05, 4.69) is 16.6 Å². The molecule has 1 aliphatic rings. The van der Waals surface area contributed by atoms with Gasteiger partial charge in [0, 0.05) is 13.0 Å². The summed E-state index contributed by atoms with van der Waals surface area (Å²) in [6.07, 6.45) is 5.14. The summed E-state index contributed by atoms with van der Waals surface area (Å²) in [5, 5.41) is 0. The lowest BCUT2D eigenvalue weighted by atomic mass is 10.1. The maximum Gasteiger partial charge on any atom is 0.261 e. The predicted molar refractivity (Wildman–Crippen MR) is 114 cm³/mol. The van der Waals surface area contributed by atoms with Crippen LogP contribution in [0.3, 0.4) is 0 Å². The maximum absolute atomic E-state index is 13.9. The van der Waals surface area contributed by atoms with E-state index in [1.165, 1.54) is 4.90 Å². The number of hydrogen-bond donors (Lipinski definition) is 0. The van der Waals surface area contributed by atoms with Crippen molar-refractivity contribution in [3.63, 3.8) is 0 Å². The fraction of sp³-hybridized carbons (Fsp3) is 0.360. The highest BCUT2D eigenvalue weighted by Gasteiger charge is 2.34. The number of carbonyl (C=O) groups is 2. The minimum atomic E-state index is -1.61. The first-order valence-corrected chi connectivity index (χ1v) is 10.7. The molecule has 0 atom stereocenters. The molecule has 174 valence electrons. The molecule has 2 aromatic rings. The first-order valence-electron chi connectivity index (χ1n) is 10.7. The topological polar surface area (TPSA) is 46.6 Å². The van der Waals surface area contributed by atoms with Crippen LogP contribution in [-0.2, 0) is 0 Å². The molecule has 1 heterocycles. The molecule has 0 spiro atoms. The number of amides is 2. The van der Waals surface area contributed by atoms with E-state index >= 15 is 0 Å². The zero-order valence-electron chi connectivity index (χ0n) is 18.2. The van der Waals surface area contributed by atoms with Crippen molar-refractivity contribution < 1.29 is 31.9 Å². The minimum Gasteiger partial charge on any atom is -0.491 e. The largest absolute Gasteiger partial charge is 0.491 e. The molecule has 33 heavy (non-hydrogen) atoms. The average Bonchev–Trinajstić information content (AvgIpc) is 3.06. The van der Waals surface area contributed by atoms with Crippen LogP contribution >= 0.6 is 0 Å². The van der Waals surface area contributed by atoms with Gasteiger partial charge in [0.25, 0.3) is 11.8 Å². The van der Waals surface area contributed by atoms with Gasteiger partial charge >= 0.3 is 0 Å². The van der Waals surface area contributed by atoms with Crippen LogP contribution in [0.15, 0.2) is 24.3 Å². The Balaban J connectivity index is 1.35. The van der Waals surface area contributed by atoms with E-state index in [4.69, 9.17) is 0 Å². The Labute approximate surface area is 189 Å². The number of ether oxygens (including phenoxy) is 1. The Morgan fingerprint density at radius 2 is 1.30 bits per heavy atom. The van der Waals surface area contributed by atoms with Crippen molar-refractivity contribution in [2.24, 2.45) is 0 Å². The molecule has 0 bridgehead atoms. The van der Waals surface area contributed by atoms with Crippen LogP contribution in [0.2, 0.25) is 0 Å². The first-order chi connectivity index (χ1) is 15.9. The molecule has 0 fully saturated rings. The first kappa shape index (κ1) is 24.3. The second kappa shape index (κ2) is 11.0. The number of benzene rings is 2. The van der Waals surface area contributed by atoms with E-state index in [0.29, 0.717) is 36.9 Å². The van der Waals surface area contributed by atoms with Crippen LogP contribution in [0.25, 0.3) is 0 Å². The van der Waals surface area contributed by atoms with Crippen LogP contribution in [0.4, 0.5) is 17.6 Å². The van der Waals surface area contributed by atoms with Crippen LogP contribution in [-0.4, -0.2) is 30.4 Å². The Morgan fingerprint density at radius 1 is 0.788 bits per heavy atom. The maximum atomic E-state index is 13.9. The summed E-state index contributed by atoms with van der Waals surface area (Å²) in [6, 6.07) is 6.78. The summed E-state index contributed by atoms with van der Waals surface area (Å²) in [6.45, 7) is 0.379. The zero-order valence-corrected chi connectivity index (χ0v) is 18.2. The van der Waals surface area contributed by atoms with E-state index in [0.717, 1.165) is 32.8 Å². The third-order valence-corrected chi connectivity index (χ3v) is 5.45. The second-order valence-corrected chi connectivity index (χ2v) is 7.64. The zero-order chi connectivity index (χ0) is 24.0. The fourth-order valence-electron chi connectivity index (χ4n) is 3.68. The molecule has 0 N–H and O–H groups in total. The number of hydrogen-bond acceptors (Lipinski definition) is 3. The lowest BCUT2D eigenvalue weighted by Gasteiger charge is -2.13. The highest BCUT2D eigenvalue weighted by Crippen LogP contribution is 2.29. The monoisotopic (exact) mass is 461 g/mol. The highest BCUT2D eigenvalue weighted by molar-refractivity contribution is 6.21. The Morgan fingerprint density at radius 3 is 1.85 bits per heavy atom. The van der Waals surface area contributed by atoms with Gasteiger partial charge in [0.1, 0.15) is 5.56 Å². The van der Waals surface area contributed by atoms with E-state index in [-0.39, 0.29) is 11.8 Å². The van der Waals surface area contributed by atoms with E-state index in [1.54, 1.807) is 24.3 Å². The summed E-state index contributed by atoms with van der Waals surface area (Å²) >= 11 is 0. The molecule has 0 unspecified atom stereocenters. The van der Waals surface area contributed by atoms with Crippen molar-refractivity contribution in [1.82, 2.24) is 4.90 Å². The molecule has 0 saturated heterocycles. The fourth-order valence-corrected chi connectivity index (χ4v) is 3.68. The third kappa shape index (κ3) is 5.19. The van der Waals surface area contributed by atoms with Crippen molar-refractivity contribution >= 4 is 11.8 Å². The number of imide groups is 1. The normalized spacial score (nSPS) is 12.6. The summed E-state index contributed by atoms with van der Waals surface area (Å²) < 4.78 is 59.4.